The van der Waals surface area contributed by atoms with Gasteiger partial charge in [-0.05, 0) is 29.2 Å². The van der Waals surface area contributed by atoms with E-state index < -0.39 is 23.8 Å². The lowest BCUT2D eigenvalue weighted by atomic mass is 9.54. The molecule has 0 amide bonds. The Bertz CT molecular complexity index is 778. The Morgan fingerprint density at radius 2 is 1.29 bits per heavy atom. The summed E-state index contributed by atoms with van der Waals surface area (Å²) in [6.07, 6.45) is 0. The van der Waals surface area contributed by atoms with Crippen LogP contribution in [0.15, 0.2) is 48.5 Å². The van der Waals surface area contributed by atoms with Gasteiger partial charge in [0.05, 0.1) is 18.4 Å². The minimum atomic E-state index is -0.938. The molecule has 4 nitrogen and oxygen atoms in total. The Balaban J connectivity index is 1.98. The summed E-state index contributed by atoms with van der Waals surface area (Å²) in [6, 6.07) is 15.7. The lowest BCUT2D eigenvalue weighted by Gasteiger charge is -2.47. The molecule has 0 heterocycles. The Morgan fingerprint density at radius 1 is 0.875 bits per heavy atom. The highest BCUT2D eigenvalue weighted by atomic mass is 16.5. The van der Waals surface area contributed by atoms with E-state index in [4.69, 9.17) is 4.74 Å². The van der Waals surface area contributed by atoms with Crippen molar-refractivity contribution in [1.82, 2.24) is 0 Å². The van der Waals surface area contributed by atoms with Crippen molar-refractivity contribution in [3.05, 3.63) is 70.8 Å². The summed E-state index contributed by atoms with van der Waals surface area (Å²) in [7, 11) is 0. The highest BCUT2D eigenvalue weighted by Crippen LogP contribution is 2.58. The lowest BCUT2D eigenvalue weighted by molar-refractivity contribution is -0.160. The van der Waals surface area contributed by atoms with E-state index in [-0.39, 0.29) is 18.4 Å². The normalized spacial score (nSPS) is 26.4. The zero-order valence-electron chi connectivity index (χ0n) is 13.3. The second kappa shape index (κ2) is 5.48. The third-order valence-corrected chi connectivity index (χ3v) is 5.28. The third-order valence-electron chi connectivity index (χ3n) is 5.28. The van der Waals surface area contributed by atoms with Gasteiger partial charge >= 0.3 is 11.9 Å². The second-order valence-corrected chi connectivity index (χ2v) is 6.36. The van der Waals surface area contributed by atoms with E-state index in [9.17, 15) is 14.7 Å². The maximum atomic E-state index is 12.6. The number of esters is 1. The molecule has 0 saturated carbocycles. The van der Waals surface area contributed by atoms with Gasteiger partial charge in [-0.2, -0.15) is 0 Å². The molecular weight excluding hydrogens is 304 g/mol. The minimum Gasteiger partial charge on any atom is -0.481 e. The van der Waals surface area contributed by atoms with Crippen molar-refractivity contribution in [2.75, 3.05) is 6.61 Å². The standard InChI is InChI=1S/C20H18O4/c1-2-24-20(23)18-16-13-9-5-3-7-11(13)15(17(18)19(21)22)12-8-4-6-10-14(12)16/h3-10,15-18H,2H2,1H3,(H,21,22)/t15?,16?,17-,18+/m1/s1. The Hall–Kier alpha value is -2.62. The smallest absolute Gasteiger partial charge is 0.310 e. The minimum absolute atomic E-state index is 0.252. The molecule has 0 unspecified atom stereocenters. The van der Waals surface area contributed by atoms with E-state index in [1.165, 1.54) is 0 Å². The summed E-state index contributed by atoms with van der Waals surface area (Å²) >= 11 is 0. The molecule has 5 rings (SSSR count). The van der Waals surface area contributed by atoms with Crippen LogP contribution in [0.25, 0.3) is 0 Å². The van der Waals surface area contributed by atoms with Gasteiger partial charge in [-0.1, -0.05) is 48.5 Å². The number of carbonyl (C=O) groups is 2. The molecule has 0 saturated heterocycles. The number of fused-ring (bicyclic) bond motifs is 1. The number of benzene rings is 2. The average molecular weight is 322 g/mol. The molecule has 122 valence electrons. The number of carbonyl (C=O) groups excluding carboxylic acids is 1. The topological polar surface area (TPSA) is 63.6 Å². The molecular formula is C20H18O4. The predicted octanol–water partition coefficient (Wildman–Crippen LogP) is 3.16. The summed E-state index contributed by atoms with van der Waals surface area (Å²) in [6.45, 7) is 2.00. The average Bonchev–Trinajstić information content (AvgIpc) is 2.61. The third kappa shape index (κ3) is 1.92. The molecule has 0 fully saturated rings. The zero-order valence-corrected chi connectivity index (χ0v) is 13.3. The van der Waals surface area contributed by atoms with Gasteiger partial charge in [0.1, 0.15) is 0 Å². The SMILES string of the molecule is CCOC(=O)[C@H]1C2c3ccccc3C(c3ccccc32)[C@H]1C(=O)O. The fraction of sp³-hybridized carbons (Fsp3) is 0.300. The first-order chi connectivity index (χ1) is 11.6. The number of aliphatic carboxylic acids is 1. The van der Waals surface area contributed by atoms with E-state index in [1.807, 2.05) is 48.5 Å². The molecule has 2 atom stereocenters. The van der Waals surface area contributed by atoms with Gasteiger partial charge in [-0.25, -0.2) is 0 Å². The number of hydrogen-bond donors (Lipinski definition) is 1. The number of ether oxygens (including phenoxy) is 1. The molecule has 24 heavy (non-hydrogen) atoms. The zero-order chi connectivity index (χ0) is 16.8. The first kappa shape index (κ1) is 14.9. The first-order valence-electron chi connectivity index (χ1n) is 8.22. The maximum absolute atomic E-state index is 12.6. The number of rotatable bonds is 3. The predicted molar refractivity (Wildman–Crippen MR) is 87.8 cm³/mol. The molecule has 0 aromatic heterocycles. The van der Waals surface area contributed by atoms with E-state index in [1.54, 1.807) is 6.92 Å². The van der Waals surface area contributed by atoms with Gasteiger partial charge in [0, 0.05) is 11.8 Å². The largest absolute Gasteiger partial charge is 0.481 e. The molecule has 3 aliphatic rings. The number of hydrogen-bond acceptors (Lipinski definition) is 3. The van der Waals surface area contributed by atoms with Crippen molar-refractivity contribution in [1.29, 1.82) is 0 Å². The van der Waals surface area contributed by atoms with Gasteiger partial charge in [0.15, 0.2) is 0 Å². The van der Waals surface area contributed by atoms with Crippen LogP contribution >= 0.6 is 0 Å². The second-order valence-electron chi connectivity index (χ2n) is 6.36. The van der Waals surface area contributed by atoms with Crippen LogP contribution in [0.5, 0.6) is 0 Å². The van der Waals surface area contributed by atoms with Crippen molar-refractivity contribution < 1.29 is 19.4 Å². The fourth-order valence-corrected chi connectivity index (χ4v) is 4.50. The van der Waals surface area contributed by atoms with E-state index in [0.717, 1.165) is 22.3 Å². The summed E-state index contributed by atoms with van der Waals surface area (Å²) < 4.78 is 5.24. The number of carboxylic acids is 1. The molecule has 2 bridgehead atoms. The van der Waals surface area contributed by atoms with Crippen LogP contribution < -0.4 is 0 Å². The van der Waals surface area contributed by atoms with Crippen molar-refractivity contribution in [3.8, 4) is 0 Å². The van der Waals surface area contributed by atoms with Gasteiger partial charge in [0.25, 0.3) is 0 Å². The van der Waals surface area contributed by atoms with Crippen LogP contribution in [0.1, 0.15) is 41.0 Å². The Labute approximate surface area is 140 Å². The van der Waals surface area contributed by atoms with Gasteiger partial charge in [-0.15, -0.1) is 0 Å². The van der Waals surface area contributed by atoms with Crippen molar-refractivity contribution >= 4 is 11.9 Å². The number of carboxylic acid groups (broad SMARTS) is 1. The molecule has 0 radical (unpaired) electrons. The van der Waals surface area contributed by atoms with Crippen LogP contribution in [0.3, 0.4) is 0 Å². The van der Waals surface area contributed by atoms with Crippen LogP contribution in [-0.4, -0.2) is 23.7 Å². The molecule has 2 aromatic rings. The van der Waals surface area contributed by atoms with Crippen molar-refractivity contribution in [2.45, 2.75) is 18.8 Å². The van der Waals surface area contributed by atoms with Gasteiger partial charge in [0.2, 0.25) is 0 Å². The van der Waals surface area contributed by atoms with E-state index in [2.05, 4.69) is 0 Å². The summed E-state index contributed by atoms with van der Waals surface area (Å²) in [5.41, 5.74) is 4.15. The first-order valence-corrected chi connectivity index (χ1v) is 8.22. The molecule has 2 aromatic carbocycles. The van der Waals surface area contributed by atoms with Gasteiger partial charge in [-0.3, -0.25) is 9.59 Å². The molecule has 0 spiro atoms. The van der Waals surface area contributed by atoms with Crippen LogP contribution in [-0.2, 0) is 14.3 Å². The molecule has 0 aliphatic heterocycles. The molecule has 3 aliphatic carbocycles. The van der Waals surface area contributed by atoms with Crippen LogP contribution in [0.2, 0.25) is 0 Å². The summed E-state index contributed by atoms with van der Waals surface area (Å²) in [4.78, 5) is 24.7. The van der Waals surface area contributed by atoms with Crippen LogP contribution in [0, 0.1) is 11.8 Å². The van der Waals surface area contributed by atoms with E-state index in [0.29, 0.717) is 0 Å². The quantitative estimate of drug-likeness (QED) is 0.882. The lowest BCUT2D eigenvalue weighted by Crippen LogP contribution is -2.47. The summed E-state index contributed by atoms with van der Waals surface area (Å²) in [5.74, 6) is -3.40. The molecule has 1 N–H and O–H groups in total. The van der Waals surface area contributed by atoms with Crippen molar-refractivity contribution in [3.63, 3.8) is 0 Å². The monoisotopic (exact) mass is 322 g/mol. The van der Waals surface area contributed by atoms with Gasteiger partial charge < -0.3 is 9.84 Å². The highest BCUT2D eigenvalue weighted by molar-refractivity contribution is 5.87. The fourth-order valence-electron chi connectivity index (χ4n) is 4.50. The van der Waals surface area contributed by atoms with Crippen LogP contribution in [0.4, 0.5) is 0 Å². The Kier molecular flexibility index (Phi) is 3.41. The maximum Gasteiger partial charge on any atom is 0.310 e. The van der Waals surface area contributed by atoms with Crippen molar-refractivity contribution in [2.24, 2.45) is 11.8 Å². The summed E-state index contributed by atoms with van der Waals surface area (Å²) in [5, 5.41) is 9.89. The highest BCUT2D eigenvalue weighted by Gasteiger charge is 2.55. The molecule has 4 heteroatoms. The Morgan fingerprint density at radius 3 is 1.67 bits per heavy atom. The van der Waals surface area contributed by atoms with E-state index >= 15 is 0 Å².